The van der Waals surface area contributed by atoms with Crippen molar-refractivity contribution >= 4 is 5.69 Å². The van der Waals surface area contributed by atoms with Gasteiger partial charge >= 0.3 is 0 Å². The molecule has 0 spiro atoms. The van der Waals surface area contributed by atoms with Gasteiger partial charge in [0.25, 0.3) is 0 Å². The summed E-state index contributed by atoms with van der Waals surface area (Å²) in [4.78, 5) is 2.14. The maximum Gasteiger partial charge on any atom is 0.146 e. The zero-order valence-corrected chi connectivity index (χ0v) is 9.96. The van der Waals surface area contributed by atoms with Crippen LogP contribution in [0.3, 0.4) is 0 Å². The first-order valence-electron chi connectivity index (χ1n) is 5.95. The number of nitrogens with one attached hydrogen (secondary N) is 1. The van der Waals surface area contributed by atoms with E-state index in [-0.39, 0.29) is 5.82 Å². The Bertz CT molecular complexity index is 365. The van der Waals surface area contributed by atoms with Crippen molar-refractivity contribution < 1.29 is 4.39 Å². The minimum atomic E-state index is -0.100. The molecule has 1 aliphatic heterocycles. The molecule has 3 heteroatoms. The molecule has 0 radical (unpaired) electrons. The standard InChI is InChI=1S/C13H19FN2/c1-3-11-9-16(7-6-15-11)13-5-4-10(2)8-12(13)14/h4-5,8,11,15H,3,6-7,9H2,1-2H3. The predicted octanol–water partition coefficient (Wildman–Crippen LogP) is 2.32. The van der Waals surface area contributed by atoms with Gasteiger partial charge in [-0.25, -0.2) is 4.39 Å². The number of hydrogen-bond acceptors (Lipinski definition) is 2. The number of piperazine rings is 1. The van der Waals surface area contributed by atoms with Crippen molar-refractivity contribution in [2.45, 2.75) is 26.3 Å². The third kappa shape index (κ3) is 2.35. The Kier molecular flexibility index (Phi) is 3.44. The number of aryl methyl sites for hydroxylation is 1. The molecule has 0 aliphatic carbocycles. The summed E-state index contributed by atoms with van der Waals surface area (Å²) in [5.74, 6) is -0.100. The fourth-order valence-electron chi connectivity index (χ4n) is 2.19. The third-order valence-electron chi connectivity index (χ3n) is 3.19. The lowest BCUT2D eigenvalue weighted by atomic mass is 10.1. The first-order chi connectivity index (χ1) is 7.70. The molecule has 88 valence electrons. The number of anilines is 1. The second kappa shape index (κ2) is 4.83. The van der Waals surface area contributed by atoms with Gasteiger partial charge in [0, 0.05) is 25.7 Å². The van der Waals surface area contributed by atoms with Crippen LogP contribution in [0.25, 0.3) is 0 Å². The summed E-state index contributed by atoms with van der Waals surface area (Å²) in [7, 11) is 0. The number of halogens is 1. The Morgan fingerprint density at radius 2 is 2.31 bits per heavy atom. The van der Waals surface area contributed by atoms with E-state index in [0.717, 1.165) is 37.3 Å². The average Bonchev–Trinajstić information content (AvgIpc) is 2.29. The van der Waals surface area contributed by atoms with Crippen LogP contribution in [0.1, 0.15) is 18.9 Å². The van der Waals surface area contributed by atoms with Crippen LogP contribution < -0.4 is 10.2 Å². The molecule has 2 nitrogen and oxygen atoms in total. The molecule has 0 aromatic heterocycles. The van der Waals surface area contributed by atoms with Crippen molar-refractivity contribution in [2.75, 3.05) is 24.5 Å². The molecule has 1 fully saturated rings. The van der Waals surface area contributed by atoms with Crippen LogP contribution in [0, 0.1) is 12.7 Å². The second-order valence-corrected chi connectivity index (χ2v) is 4.46. The van der Waals surface area contributed by atoms with Crippen LogP contribution in [-0.2, 0) is 0 Å². The molecule has 0 amide bonds. The fourth-order valence-corrected chi connectivity index (χ4v) is 2.19. The zero-order chi connectivity index (χ0) is 11.5. The molecule has 16 heavy (non-hydrogen) atoms. The van der Waals surface area contributed by atoms with Gasteiger partial charge < -0.3 is 10.2 Å². The first kappa shape index (κ1) is 11.4. The smallest absolute Gasteiger partial charge is 0.146 e. The summed E-state index contributed by atoms with van der Waals surface area (Å²) in [6.45, 7) is 6.80. The third-order valence-corrected chi connectivity index (χ3v) is 3.19. The van der Waals surface area contributed by atoms with Gasteiger partial charge in [0.2, 0.25) is 0 Å². The molecule has 1 atom stereocenters. The van der Waals surface area contributed by atoms with E-state index in [0.29, 0.717) is 6.04 Å². The molecular weight excluding hydrogens is 203 g/mol. The van der Waals surface area contributed by atoms with E-state index in [9.17, 15) is 4.39 Å². The molecule has 1 N–H and O–H groups in total. The summed E-state index contributed by atoms with van der Waals surface area (Å²) in [5, 5.41) is 3.44. The van der Waals surface area contributed by atoms with E-state index in [1.807, 2.05) is 19.1 Å². The van der Waals surface area contributed by atoms with Crippen LogP contribution in [0.15, 0.2) is 18.2 Å². The summed E-state index contributed by atoms with van der Waals surface area (Å²) >= 11 is 0. The minimum Gasteiger partial charge on any atom is -0.366 e. The molecule has 1 aromatic rings. The van der Waals surface area contributed by atoms with E-state index < -0.39 is 0 Å². The molecule has 1 aromatic carbocycles. The van der Waals surface area contributed by atoms with Crippen LogP contribution in [0.4, 0.5) is 10.1 Å². The summed E-state index contributed by atoms with van der Waals surface area (Å²) in [6.07, 6.45) is 1.09. The van der Waals surface area contributed by atoms with Crippen LogP contribution in [0.5, 0.6) is 0 Å². The fraction of sp³-hybridized carbons (Fsp3) is 0.538. The molecular formula is C13H19FN2. The van der Waals surface area contributed by atoms with Gasteiger partial charge in [-0.15, -0.1) is 0 Å². The van der Waals surface area contributed by atoms with Crippen molar-refractivity contribution in [3.63, 3.8) is 0 Å². The Balaban J connectivity index is 2.16. The summed E-state index contributed by atoms with van der Waals surface area (Å²) in [5.41, 5.74) is 1.72. The Hall–Kier alpha value is -1.09. The van der Waals surface area contributed by atoms with Gasteiger partial charge in [-0.3, -0.25) is 0 Å². The molecule has 1 heterocycles. The number of rotatable bonds is 2. The first-order valence-corrected chi connectivity index (χ1v) is 5.95. The van der Waals surface area contributed by atoms with Crippen molar-refractivity contribution in [3.8, 4) is 0 Å². The predicted molar refractivity (Wildman–Crippen MR) is 65.4 cm³/mol. The van der Waals surface area contributed by atoms with Crippen LogP contribution in [-0.4, -0.2) is 25.7 Å². The maximum absolute atomic E-state index is 13.8. The number of hydrogen-bond donors (Lipinski definition) is 1. The van der Waals surface area contributed by atoms with Crippen LogP contribution in [0.2, 0.25) is 0 Å². The molecule has 0 saturated carbocycles. The van der Waals surface area contributed by atoms with E-state index in [4.69, 9.17) is 0 Å². The van der Waals surface area contributed by atoms with E-state index >= 15 is 0 Å². The Morgan fingerprint density at radius 3 is 3.00 bits per heavy atom. The van der Waals surface area contributed by atoms with E-state index in [1.54, 1.807) is 6.07 Å². The average molecular weight is 222 g/mol. The molecule has 1 saturated heterocycles. The monoisotopic (exact) mass is 222 g/mol. The van der Waals surface area contributed by atoms with Crippen molar-refractivity contribution in [1.29, 1.82) is 0 Å². The minimum absolute atomic E-state index is 0.100. The van der Waals surface area contributed by atoms with E-state index in [2.05, 4.69) is 17.1 Å². The lowest BCUT2D eigenvalue weighted by Gasteiger charge is -2.35. The number of benzene rings is 1. The second-order valence-electron chi connectivity index (χ2n) is 4.46. The van der Waals surface area contributed by atoms with Crippen molar-refractivity contribution in [2.24, 2.45) is 0 Å². The number of nitrogens with zero attached hydrogens (tertiary/aromatic N) is 1. The maximum atomic E-state index is 13.8. The van der Waals surface area contributed by atoms with Crippen molar-refractivity contribution in [3.05, 3.63) is 29.6 Å². The SMILES string of the molecule is CCC1CN(c2ccc(C)cc2F)CCN1. The molecule has 1 aliphatic rings. The quantitative estimate of drug-likeness (QED) is 0.826. The van der Waals surface area contributed by atoms with Gasteiger partial charge in [0.1, 0.15) is 5.82 Å². The highest BCUT2D eigenvalue weighted by molar-refractivity contribution is 5.49. The molecule has 0 bridgehead atoms. The van der Waals surface area contributed by atoms with Crippen LogP contribution >= 0.6 is 0 Å². The Morgan fingerprint density at radius 1 is 1.50 bits per heavy atom. The van der Waals surface area contributed by atoms with Gasteiger partial charge in [0.05, 0.1) is 5.69 Å². The highest BCUT2D eigenvalue weighted by Gasteiger charge is 2.19. The largest absolute Gasteiger partial charge is 0.366 e. The van der Waals surface area contributed by atoms with Gasteiger partial charge in [-0.2, -0.15) is 0 Å². The molecule has 1 unspecified atom stereocenters. The lowest BCUT2D eigenvalue weighted by molar-refractivity contribution is 0.443. The van der Waals surface area contributed by atoms with Gasteiger partial charge in [-0.1, -0.05) is 13.0 Å². The van der Waals surface area contributed by atoms with Crippen molar-refractivity contribution in [1.82, 2.24) is 5.32 Å². The van der Waals surface area contributed by atoms with Gasteiger partial charge in [-0.05, 0) is 31.0 Å². The highest BCUT2D eigenvalue weighted by Crippen LogP contribution is 2.21. The Labute approximate surface area is 96.5 Å². The summed E-state index contributed by atoms with van der Waals surface area (Å²) in [6, 6.07) is 5.96. The topological polar surface area (TPSA) is 15.3 Å². The summed E-state index contributed by atoms with van der Waals surface area (Å²) < 4.78 is 13.8. The molecule has 2 rings (SSSR count). The highest BCUT2D eigenvalue weighted by atomic mass is 19.1. The zero-order valence-electron chi connectivity index (χ0n) is 9.96. The van der Waals surface area contributed by atoms with Gasteiger partial charge in [0.15, 0.2) is 0 Å². The lowest BCUT2D eigenvalue weighted by Crippen LogP contribution is -2.50. The normalized spacial score (nSPS) is 21.2. The van der Waals surface area contributed by atoms with E-state index in [1.165, 1.54) is 0 Å².